The molecule has 1 N–H and O–H groups in total. The Bertz CT molecular complexity index is 534. The summed E-state index contributed by atoms with van der Waals surface area (Å²) < 4.78 is 1.42. The number of nitrogens with zero attached hydrogens (tertiary/aromatic N) is 1. The summed E-state index contributed by atoms with van der Waals surface area (Å²) in [5.74, 6) is 0. The van der Waals surface area contributed by atoms with E-state index in [0.29, 0.717) is 10.9 Å². The number of H-pyrrole nitrogens is 1. The van der Waals surface area contributed by atoms with Crippen molar-refractivity contribution in [3.8, 4) is 0 Å². The Balaban J connectivity index is 3.18. The van der Waals surface area contributed by atoms with Crippen LogP contribution in [0.5, 0.6) is 0 Å². The first-order valence-corrected chi connectivity index (χ1v) is 4.29. The van der Waals surface area contributed by atoms with Crippen molar-refractivity contribution in [1.82, 2.24) is 9.55 Å². The molecule has 2 aromatic rings. The fourth-order valence-corrected chi connectivity index (χ4v) is 1.92. The van der Waals surface area contributed by atoms with E-state index >= 15 is 0 Å². The summed E-state index contributed by atoms with van der Waals surface area (Å²) in [6.07, 6.45) is 0. The second-order valence-electron chi connectivity index (χ2n) is 2.49. The van der Waals surface area contributed by atoms with Crippen molar-refractivity contribution < 1.29 is 0 Å². The Hall–Kier alpha value is -1.36. The third kappa shape index (κ3) is 0.831. The van der Waals surface area contributed by atoms with Crippen molar-refractivity contribution in [1.29, 1.82) is 0 Å². The lowest BCUT2D eigenvalue weighted by molar-refractivity contribution is 0.845. The zero-order chi connectivity index (χ0) is 8.72. The highest BCUT2D eigenvalue weighted by molar-refractivity contribution is 7.09. The molecule has 2 heterocycles. The van der Waals surface area contributed by atoms with Gasteiger partial charge in [-0.05, 0) is 0 Å². The summed E-state index contributed by atoms with van der Waals surface area (Å²) in [6, 6.07) is 0. The average molecular weight is 182 g/mol. The number of aromatic amines is 1. The van der Waals surface area contributed by atoms with Gasteiger partial charge >= 0.3 is 5.69 Å². The van der Waals surface area contributed by atoms with Gasteiger partial charge in [-0.25, -0.2) is 4.79 Å². The molecule has 0 saturated carbocycles. The number of rotatable bonds is 0. The van der Waals surface area contributed by atoms with Crippen LogP contribution in [0.1, 0.15) is 0 Å². The summed E-state index contributed by atoms with van der Waals surface area (Å²) >= 11 is 1.41. The van der Waals surface area contributed by atoms with E-state index in [-0.39, 0.29) is 11.2 Å². The molecule has 0 fully saturated rings. The van der Waals surface area contributed by atoms with Crippen molar-refractivity contribution in [3.63, 3.8) is 0 Å². The zero-order valence-corrected chi connectivity index (χ0v) is 7.14. The van der Waals surface area contributed by atoms with Crippen LogP contribution in [-0.4, -0.2) is 9.55 Å². The first-order chi connectivity index (χ1) is 5.70. The van der Waals surface area contributed by atoms with Gasteiger partial charge in [0.05, 0.1) is 10.9 Å². The molecule has 0 amide bonds. The molecule has 12 heavy (non-hydrogen) atoms. The number of thiophene rings is 1. The molecule has 0 aromatic carbocycles. The van der Waals surface area contributed by atoms with Crippen molar-refractivity contribution in [3.05, 3.63) is 31.6 Å². The highest BCUT2D eigenvalue weighted by Crippen LogP contribution is 2.11. The van der Waals surface area contributed by atoms with Gasteiger partial charge in [0.15, 0.2) is 0 Å². The number of nitrogens with one attached hydrogen (secondary N) is 1. The van der Waals surface area contributed by atoms with Crippen LogP contribution in [-0.2, 0) is 7.05 Å². The molecule has 0 aliphatic rings. The molecule has 0 aliphatic carbocycles. The van der Waals surface area contributed by atoms with E-state index in [4.69, 9.17) is 0 Å². The molecular weight excluding hydrogens is 176 g/mol. The minimum Gasteiger partial charge on any atom is -0.296 e. The SMILES string of the molecule is Cn1c(=O)[nH]c(=O)c2cscc21. The van der Waals surface area contributed by atoms with E-state index in [1.807, 2.05) is 0 Å². The van der Waals surface area contributed by atoms with Crippen LogP contribution in [0, 0.1) is 0 Å². The van der Waals surface area contributed by atoms with Gasteiger partial charge in [0.2, 0.25) is 0 Å². The molecule has 0 bridgehead atoms. The Morgan fingerprint density at radius 3 is 2.92 bits per heavy atom. The third-order valence-corrected chi connectivity index (χ3v) is 2.50. The fourth-order valence-electron chi connectivity index (χ4n) is 1.08. The van der Waals surface area contributed by atoms with Gasteiger partial charge in [-0.3, -0.25) is 14.3 Å². The smallest absolute Gasteiger partial charge is 0.296 e. The van der Waals surface area contributed by atoms with Crippen LogP contribution in [0.3, 0.4) is 0 Å². The lowest BCUT2D eigenvalue weighted by atomic mass is 10.4. The number of aryl methyl sites for hydroxylation is 1. The van der Waals surface area contributed by atoms with Crippen LogP contribution in [0.4, 0.5) is 0 Å². The van der Waals surface area contributed by atoms with E-state index in [9.17, 15) is 9.59 Å². The van der Waals surface area contributed by atoms with Gasteiger partial charge in [-0.2, -0.15) is 0 Å². The Morgan fingerprint density at radius 1 is 1.42 bits per heavy atom. The third-order valence-electron chi connectivity index (χ3n) is 1.77. The van der Waals surface area contributed by atoms with E-state index in [1.54, 1.807) is 17.8 Å². The van der Waals surface area contributed by atoms with Gasteiger partial charge < -0.3 is 0 Å². The Morgan fingerprint density at radius 2 is 2.17 bits per heavy atom. The van der Waals surface area contributed by atoms with Gasteiger partial charge in [-0.15, -0.1) is 11.3 Å². The molecule has 2 aromatic heterocycles. The van der Waals surface area contributed by atoms with Crippen molar-refractivity contribution in [2.45, 2.75) is 0 Å². The quantitative estimate of drug-likeness (QED) is 0.636. The minimum absolute atomic E-state index is 0.311. The number of aromatic nitrogens is 2. The fraction of sp³-hybridized carbons (Fsp3) is 0.143. The first kappa shape index (κ1) is 7.30. The van der Waals surface area contributed by atoms with Crippen LogP contribution in [0.15, 0.2) is 20.3 Å². The second-order valence-corrected chi connectivity index (χ2v) is 3.23. The van der Waals surface area contributed by atoms with Gasteiger partial charge in [-0.1, -0.05) is 0 Å². The maximum absolute atomic E-state index is 11.2. The predicted molar refractivity (Wildman–Crippen MR) is 47.7 cm³/mol. The van der Waals surface area contributed by atoms with E-state index in [1.165, 1.54) is 15.9 Å². The molecular formula is C7H6N2O2S. The van der Waals surface area contributed by atoms with Crippen molar-refractivity contribution in [2.24, 2.45) is 7.05 Å². The van der Waals surface area contributed by atoms with Gasteiger partial charge in [0, 0.05) is 17.8 Å². The normalized spacial score (nSPS) is 10.8. The van der Waals surface area contributed by atoms with E-state index in [0.717, 1.165) is 0 Å². The van der Waals surface area contributed by atoms with Crippen molar-refractivity contribution in [2.75, 3.05) is 0 Å². The zero-order valence-electron chi connectivity index (χ0n) is 6.33. The standard InChI is InChI=1S/C7H6N2O2S/c1-9-5-3-12-2-4(5)6(10)8-7(9)11/h2-3H,1H3,(H,8,10,11). The summed E-state index contributed by atoms with van der Waals surface area (Å²) in [6.45, 7) is 0. The summed E-state index contributed by atoms with van der Waals surface area (Å²) in [5.41, 5.74) is 0.00833. The molecule has 4 nitrogen and oxygen atoms in total. The highest BCUT2D eigenvalue weighted by atomic mass is 32.1. The second kappa shape index (κ2) is 2.31. The van der Waals surface area contributed by atoms with E-state index in [2.05, 4.69) is 4.98 Å². The van der Waals surface area contributed by atoms with Crippen molar-refractivity contribution >= 4 is 22.2 Å². The molecule has 2 rings (SSSR count). The van der Waals surface area contributed by atoms with Crippen LogP contribution < -0.4 is 11.2 Å². The number of hydrogen-bond acceptors (Lipinski definition) is 3. The maximum Gasteiger partial charge on any atom is 0.328 e. The Labute approximate surface area is 71.1 Å². The van der Waals surface area contributed by atoms with Crippen LogP contribution in [0.2, 0.25) is 0 Å². The average Bonchev–Trinajstić information content (AvgIpc) is 2.48. The predicted octanol–water partition coefficient (Wildman–Crippen LogP) is 0.288. The summed E-state index contributed by atoms with van der Waals surface area (Å²) in [5, 5.41) is 4.08. The molecule has 0 atom stereocenters. The van der Waals surface area contributed by atoms with E-state index < -0.39 is 0 Å². The molecule has 0 spiro atoms. The number of hydrogen-bond donors (Lipinski definition) is 1. The topological polar surface area (TPSA) is 54.9 Å². The highest BCUT2D eigenvalue weighted by Gasteiger charge is 2.03. The largest absolute Gasteiger partial charge is 0.328 e. The van der Waals surface area contributed by atoms with Crippen LogP contribution in [0.25, 0.3) is 10.9 Å². The van der Waals surface area contributed by atoms with Gasteiger partial charge in [0.1, 0.15) is 0 Å². The molecule has 0 radical (unpaired) electrons. The molecule has 62 valence electrons. The Kier molecular flexibility index (Phi) is 1.41. The summed E-state index contributed by atoms with van der Waals surface area (Å²) in [7, 11) is 1.63. The first-order valence-electron chi connectivity index (χ1n) is 3.35. The minimum atomic E-state index is -0.370. The lowest BCUT2D eigenvalue weighted by Gasteiger charge is -1.96. The molecule has 0 aliphatic heterocycles. The molecule has 0 saturated heterocycles. The van der Waals surface area contributed by atoms with Gasteiger partial charge in [0.25, 0.3) is 5.56 Å². The monoisotopic (exact) mass is 182 g/mol. The van der Waals surface area contributed by atoms with Crippen LogP contribution >= 0.6 is 11.3 Å². The number of fused-ring (bicyclic) bond motifs is 1. The maximum atomic E-state index is 11.2. The summed E-state index contributed by atoms with van der Waals surface area (Å²) in [4.78, 5) is 24.4. The molecule has 5 heteroatoms. The lowest BCUT2D eigenvalue weighted by Crippen LogP contribution is -2.27. The molecule has 0 unspecified atom stereocenters.